The molecule has 13 atom stereocenters. The highest BCUT2D eigenvalue weighted by molar-refractivity contribution is 5.90. The molecule has 4 saturated carbocycles. The maximum atomic E-state index is 14.0. The van der Waals surface area contributed by atoms with Gasteiger partial charge in [0.1, 0.15) is 5.78 Å². The zero-order valence-electron chi connectivity index (χ0n) is 20.0. The SMILES string of the molecule is C[C@H]1CO[C@@]2(O[C@H]3C[C@H]4[C@@H]5CC[C@H]6C[C@@H]7O[C@@H]7C[C@]6(C)[C@H]5CC(=O)[C@]4(C)[C@H]3[C@@H]2C)C(=O)C1. The number of epoxide rings is 1. The molecule has 5 heteroatoms. The van der Waals surface area contributed by atoms with Crippen molar-refractivity contribution in [3.63, 3.8) is 0 Å². The Morgan fingerprint density at radius 2 is 1.72 bits per heavy atom. The van der Waals surface area contributed by atoms with Crippen LogP contribution in [0.4, 0.5) is 0 Å². The quantitative estimate of drug-likeness (QED) is 0.527. The summed E-state index contributed by atoms with van der Waals surface area (Å²) in [5.74, 6) is 1.83. The van der Waals surface area contributed by atoms with Gasteiger partial charge in [-0.2, -0.15) is 0 Å². The molecule has 0 aromatic carbocycles. The van der Waals surface area contributed by atoms with Crippen LogP contribution < -0.4 is 0 Å². The van der Waals surface area contributed by atoms with Gasteiger partial charge in [-0.15, -0.1) is 0 Å². The molecular weight excluding hydrogens is 404 g/mol. The molecule has 5 nitrogen and oxygen atoms in total. The van der Waals surface area contributed by atoms with E-state index in [1.54, 1.807) is 0 Å². The second-order valence-electron chi connectivity index (χ2n) is 13.1. The monoisotopic (exact) mass is 442 g/mol. The minimum atomic E-state index is -1.11. The molecule has 176 valence electrons. The minimum Gasteiger partial charge on any atom is -0.370 e. The maximum absolute atomic E-state index is 14.0. The van der Waals surface area contributed by atoms with E-state index in [0.717, 1.165) is 12.8 Å². The number of hydrogen-bond acceptors (Lipinski definition) is 5. The van der Waals surface area contributed by atoms with Crippen molar-refractivity contribution in [2.24, 2.45) is 52.3 Å². The summed E-state index contributed by atoms with van der Waals surface area (Å²) in [6, 6.07) is 0. The second-order valence-corrected chi connectivity index (χ2v) is 13.1. The van der Waals surface area contributed by atoms with Gasteiger partial charge in [0.2, 0.25) is 5.79 Å². The summed E-state index contributed by atoms with van der Waals surface area (Å²) < 4.78 is 18.7. The highest BCUT2D eigenvalue weighted by atomic mass is 16.7. The number of carbonyl (C=O) groups is 2. The molecule has 7 aliphatic rings. The summed E-state index contributed by atoms with van der Waals surface area (Å²) >= 11 is 0. The lowest BCUT2D eigenvalue weighted by Crippen LogP contribution is -2.59. The van der Waals surface area contributed by atoms with Crippen LogP contribution >= 0.6 is 0 Å². The molecule has 3 aliphatic heterocycles. The normalized spacial score (nSPS) is 62.8. The number of fused-ring (bicyclic) bond motifs is 8. The van der Waals surface area contributed by atoms with Gasteiger partial charge in [0, 0.05) is 30.1 Å². The molecule has 0 N–H and O–H groups in total. The summed E-state index contributed by atoms with van der Waals surface area (Å²) in [5.41, 5.74) is -0.153. The molecule has 7 rings (SSSR count). The van der Waals surface area contributed by atoms with Crippen LogP contribution in [0, 0.1) is 52.3 Å². The zero-order valence-corrected chi connectivity index (χ0v) is 20.0. The smallest absolute Gasteiger partial charge is 0.232 e. The fourth-order valence-electron chi connectivity index (χ4n) is 10.2. The molecular formula is C27H38O5. The van der Waals surface area contributed by atoms with Crippen molar-refractivity contribution in [2.45, 2.75) is 96.7 Å². The Morgan fingerprint density at radius 1 is 0.906 bits per heavy atom. The number of ether oxygens (including phenoxy) is 3. The highest BCUT2D eigenvalue weighted by Gasteiger charge is 2.73. The summed E-state index contributed by atoms with van der Waals surface area (Å²) in [7, 11) is 0. The van der Waals surface area contributed by atoms with Gasteiger partial charge in [0.05, 0.1) is 24.9 Å². The molecule has 3 heterocycles. The topological polar surface area (TPSA) is 65.1 Å². The second kappa shape index (κ2) is 6.26. The van der Waals surface area contributed by atoms with Crippen molar-refractivity contribution in [1.29, 1.82) is 0 Å². The summed E-state index contributed by atoms with van der Waals surface area (Å²) in [6.45, 7) is 9.45. The molecule has 32 heavy (non-hydrogen) atoms. The van der Waals surface area contributed by atoms with Crippen LogP contribution in [-0.4, -0.2) is 42.3 Å². The van der Waals surface area contributed by atoms with Crippen LogP contribution in [0.3, 0.4) is 0 Å². The third-order valence-corrected chi connectivity index (χ3v) is 11.8. The summed E-state index contributed by atoms with van der Waals surface area (Å²) in [6.07, 6.45) is 7.91. The fourth-order valence-corrected chi connectivity index (χ4v) is 10.2. The lowest BCUT2D eigenvalue weighted by atomic mass is 9.44. The molecule has 0 bridgehead atoms. The van der Waals surface area contributed by atoms with E-state index in [4.69, 9.17) is 14.2 Å². The largest absolute Gasteiger partial charge is 0.370 e. The third kappa shape index (κ3) is 2.32. The Kier molecular flexibility index (Phi) is 4.02. The van der Waals surface area contributed by atoms with E-state index < -0.39 is 11.2 Å². The molecule has 0 amide bonds. The van der Waals surface area contributed by atoms with Gasteiger partial charge < -0.3 is 14.2 Å². The van der Waals surface area contributed by atoms with E-state index in [-0.39, 0.29) is 35.1 Å². The highest BCUT2D eigenvalue weighted by Crippen LogP contribution is 2.71. The van der Waals surface area contributed by atoms with Gasteiger partial charge >= 0.3 is 0 Å². The Morgan fingerprint density at radius 3 is 2.50 bits per heavy atom. The average Bonchev–Trinajstić information content (AvgIpc) is 3.32. The maximum Gasteiger partial charge on any atom is 0.232 e. The molecule has 0 unspecified atom stereocenters. The van der Waals surface area contributed by atoms with E-state index >= 15 is 0 Å². The third-order valence-electron chi connectivity index (χ3n) is 11.8. The molecule has 7 fully saturated rings. The molecule has 0 aromatic rings. The van der Waals surface area contributed by atoms with E-state index in [1.807, 2.05) is 0 Å². The Balaban J connectivity index is 1.22. The minimum absolute atomic E-state index is 0.0342. The molecule has 1 spiro atoms. The standard InChI is InChI=1S/C27H38O5/c1-13-7-23(29)27(30-12-13)14(2)24-20(32-27)9-18-16-6-5-15-8-19-21(31-19)11-25(15,3)17(16)10-22(28)26(18,24)4/h13-21,24H,5-12H2,1-4H3/t13-,14+,15+,16-,17+,18+,19+,20+,21-,24+,25+,26-,27+/m1/s1. The Hall–Kier alpha value is -0.780. The van der Waals surface area contributed by atoms with Crippen molar-refractivity contribution in [3.8, 4) is 0 Å². The van der Waals surface area contributed by atoms with Gasteiger partial charge in [0.25, 0.3) is 0 Å². The van der Waals surface area contributed by atoms with E-state index in [1.165, 1.54) is 19.3 Å². The lowest BCUT2D eigenvalue weighted by Gasteiger charge is -2.59. The van der Waals surface area contributed by atoms with Gasteiger partial charge in [-0.1, -0.05) is 27.7 Å². The first-order valence-corrected chi connectivity index (χ1v) is 13.2. The van der Waals surface area contributed by atoms with Gasteiger partial charge in [0.15, 0.2) is 5.78 Å². The van der Waals surface area contributed by atoms with Crippen molar-refractivity contribution in [3.05, 3.63) is 0 Å². The van der Waals surface area contributed by atoms with Crippen LogP contribution in [0.25, 0.3) is 0 Å². The van der Waals surface area contributed by atoms with E-state index in [2.05, 4.69) is 27.7 Å². The van der Waals surface area contributed by atoms with Crippen molar-refractivity contribution >= 4 is 11.6 Å². The number of ketones is 2. The number of hydrogen-bond donors (Lipinski definition) is 0. The van der Waals surface area contributed by atoms with Crippen LogP contribution in [0.1, 0.15) is 72.6 Å². The lowest BCUT2D eigenvalue weighted by molar-refractivity contribution is -0.251. The fraction of sp³-hybridized carbons (Fsp3) is 0.926. The zero-order chi connectivity index (χ0) is 22.2. The summed E-state index contributed by atoms with van der Waals surface area (Å²) in [4.78, 5) is 27.2. The van der Waals surface area contributed by atoms with Gasteiger partial charge in [-0.3, -0.25) is 9.59 Å². The van der Waals surface area contributed by atoms with Gasteiger partial charge in [-0.05, 0) is 67.1 Å². The van der Waals surface area contributed by atoms with Crippen LogP contribution in [-0.2, 0) is 23.8 Å². The first-order valence-electron chi connectivity index (χ1n) is 13.2. The molecule has 0 aromatic heterocycles. The van der Waals surface area contributed by atoms with E-state index in [9.17, 15) is 9.59 Å². The van der Waals surface area contributed by atoms with Crippen LogP contribution in [0.2, 0.25) is 0 Å². The van der Waals surface area contributed by atoms with Crippen LogP contribution in [0.5, 0.6) is 0 Å². The predicted octanol–water partition coefficient (Wildman–Crippen LogP) is 4.17. The van der Waals surface area contributed by atoms with Crippen molar-refractivity contribution < 1.29 is 23.8 Å². The molecule has 4 aliphatic carbocycles. The summed E-state index contributed by atoms with van der Waals surface area (Å²) in [5, 5.41) is 0. The average molecular weight is 443 g/mol. The first-order chi connectivity index (χ1) is 15.2. The van der Waals surface area contributed by atoms with Crippen LogP contribution in [0.15, 0.2) is 0 Å². The molecule has 3 saturated heterocycles. The van der Waals surface area contributed by atoms with Crippen molar-refractivity contribution in [1.82, 2.24) is 0 Å². The Bertz CT molecular complexity index is 885. The van der Waals surface area contributed by atoms with Crippen molar-refractivity contribution in [2.75, 3.05) is 6.61 Å². The van der Waals surface area contributed by atoms with E-state index in [0.29, 0.717) is 61.1 Å². The number of rotatable bonds is 0. The van der Waals surface area contributed by atoms with Gasteiger partial charge in [-0.25, -0.2) is 0 Å². The first kappa shape index (κ1) is 20.6. The predicted molar refractivity (Wildman–Crippen MR) is 117 cm³/mol. The number of Topliss-reactive ketones (excluding diaryl/α,β-unsaturated/α-hetero) is 2. The number of carbonyl (C=O) groups excluding carboxylic acids is 2. The molecule has 0 radical (unpaired) electrons. The Labute approximate surface area is 191 Å².